The number of hydrogen-bond donors (Lipinski definition) is 1. The molecule has 1 N–H and O–H groups in total. The summed E-state index contributed by atoms with van der Waals surface area (Å²) in [5.41, 5.74) is 3.11. The summed E-state index contributed by atoms with van der Waals surface area (Å²) >= 11 is 0. The molecule has 0 fully saturated rings. The number of nitrogens with zero attached hydrogens (tertiary/aromatic N) is 1. The Kier molecular flexibility index (Phi) is 9.47. The van der Waals surface area contributed by atoms with Gasteiger partial charge in [0.15, 0.2) is 0 Å². The number of benzene rings is 3. The minimum absolute atomic E-state index is 0.185. The van der Waals surface area contributed by atoms with Gasteiger partial charge in [0.1, 0.15) is 0 Å². The van der Waals surface area contributed by atoms with Crippen LogP contribution in [0.1, 0.15) is 42.5 Å². The first-order valence-corrected chi connectivity index (χ1v) is 11.6. The van der Waals surface area contributed by atoms with Gasteiger partial charge >= 0.3 is 12.1 Å². The second kappa shape index (κ2) is 13.0. The van der Waals surface area contributed by atoms with Gasteiger partial charge in [-0.2, -0.15) is 0 Å². The highest BCUT2D eigenvalue weighted by molar-refractivity contribution is 5.91. The number of rotatable bonds is 10. The van der Waals surface area contributed by atoms with Crippen LogP contribution in [0.25, 0.3) is 0 Å². The minimum Gasteiger partial charge on any atom is -0.450 e. The molecule has 0 bridgehead atoms. The van der Waals surface area contributed by atoms with Gasteiger partial charge in [-0.1, -0.05) is 97.1 Å². The van der Waals surface area contributed by atoms with E-state index in [1.807, 2.05) is 84.9 Å². The van der Waals surface area contributed by atoms with Crippen LogP contribution in [0.15, 0.2) is 104 Å². The van der Waals surface area contributed by atoms with Crippen molar-refractivity contribution in [1.29, 1.82) is 0 Å². The fourth-order valence-electron chi connectivity index (χ4n) is 4.14. The van der Waals surface area contributed by atoms with E-state index in [1.165, 1.54) is 5.56 Å². The van der Waals surface area contributed by atoms with E-state index in [0.717, 1.165) is 17.5 Å². The third kappa shape index (κ3) is 6.82. The molecule has 0 heterocycles. The molecule has 0 aromatic heterocycles. The maximum Gasteiger partial charge on any atom is 0.415 e. The van der Waals surface area contributed by atoms with Crippen LogP contribution in [-0.4, -0.2) is 29.7 Å². The number of carbonyl (C=O) groups excluding carboxylic acids is 2. The Bertz CT molecular complexity index is 999. The highest BCUT2D eigenvalue weighted by Gasteiger charge is 2.33. The van der Waals surface area contributed by atoms with Crippen LogP contribution >= 0.6 is 0 Å². The number of urea groups is 1. The molecule has 3 rings (SSSR count). The van der Waals surface area contributed by atoms with Crippen LogP contribution in [-0.2, 0) is 11.2 Å². The molecule has 0 aliphatic carbocycles. The molecule has 3 amide bonds. The van der Waals surface area contributed by atoms with Crippen LogP contribution in [0.3, 0.4) is 0 Å². The predicted molar refractivity (Wildman–Crippen MR) is 135 cm³/mol. The SMILES string of the molecule is C=CCC(CCc1ccccc1)N(C(=O)NC(=O)OCC)C(c1ccccc1)c1ccccc1. The lowest BCUT2D eigenvalue weighted by molar-refractivity contribution is 0.131. The fourth-order valence-corrected chi connectivity index (χ4v) is 4.14. The van der Waals surface area contributed by atoms with E-state index in [0.29, 0.717) is 12.8 Å². The summed E-state index contributed by atoms with van der Waals surface area (Å²) in [6.07, 6.45) is 3.16. The first-order chi connectivity index (χ1) is 16.6. The molecule has 0 aliphatic heterocycles. The van der Waals surface area contributed by atoms with Gasteiger partial charge < -0.3 is 9.64 Å². The van der Waals surface area contributed by atoms with Gasteiger partial charge in [0.2, 0.25) is 0 Å². The quantitative estimate of drug-likeness (QED) is 0.353. The van der Waals surface area contributed by atoms with Crippen molar-refractivity contribution in [1.82, 2.24) is 10.2 Å². The van der Waals surface area contributed by atoms with E-state index in [-0.39, 0.29) is 12.6 Å². The lowest BCUT2D eigenvalue weighted by atomic mass is 9.93. The van der Waals surface area contributed by atoms with Gasteiger partial charge in [-0.05, 0) is 42.9 Å². The zero-order valence-electron chi connectivity index (χ0n) is 19.6. The normalized spacial score (nSPS) is 11.5. The van der Waals surface area contributed by atoms with Crippen LogP contribution in [0.5, 0.6) is 0 Å². The van der Waals surface area contributed by atoms with E-state index in [4.69, 9.17) is 4.74 Å². The second-order valence-electron chi connectivity index (χ2n) is 7.98. The molecule has 1 atom stereocenters. The Morgan fingerprint density at radius 1 is 0.912 bits per heavy atom. The van der Waals surface area contributed by atoms with E-state index in [1.54, 1.807) is 11.8 Å². The Balaban J connectivity index is 2.03. The van der Waals surface area contributed by atoms with E-state index < -0.39 is 18.2 Å². The number of imide groups is 1. The summed E-state index contributed by atoms with van der Waals surface area (Å²) in [5.74, 6) is 0. The largest absolute Gasteiger partial charge is 0.450 e. The fraction of sp³-hybridized carbons (Fsp3) is 0.241. The maximum absolute atomic E-state index is 13.6. The van der Waals surface area contributed by atoms with E-state index in [9.17, 15) is 9.59 Å². The van der Waals surface area contributed by atoms with E-state index >= 15 is 0 Å². The molecule has 0 radical (unpaired) electrons. The first kappa shape index (κ1) is 24.8. The summed E-state index contributed by atoms with van der Waals surface area (Å²) in [6.45, 7) is 5.83. The van der Waals surface area contributed by atoms with Gasteiger partial charge in [-0.15, -0.1) is 6.58 Å². The Labute approximate surface area is 202 Å². The van der Waals surface area contributed by atoms with Crippen molar-refractivity contribution in [3.63, 3.8) is 0 Å². The Morgan fingerprint density at radius 2 is 1.44 bits per heavy atom. The van der Waals surface area contributed by atoms with Crippen molar-refractivity contribution in [2.75, 3.05) is 6.61 Å². The number of amides is 3. The zero-order valence-corrected chi connectivity index (χ0v) is 19.6. The maximum atomic E-state index is 13.6. The van der Waals surface area contributed by atoms with Gasteiger partial charge in [-0.3, -0.25) is 0 Å². The van der Waals surface area contributed by atoms with Crippen LogP contribution in [0.2, 0.25) is 0 Å². The average Bonchev–Trinajstić information content (AvgIpc) is 2.87. The third-order valence-electron chi connectivity index (χ3n) is 5.67. The smallest absolute Gasteiger partial charge is 0.415 e. The van der Waals surface area contributed by atoms with E-state index in [2.05, 4.69) is 24.0 Å². The van der Waals surface area contributed by atoms with Crippen molar-refractivity contribution >= 4 is 12.1 Å². The summed E-state index contributed by atoms with van der Waals surface area (Å²) in [4.78, 5) is 27.6. The van der Waals surface area contributed by atoms with Crippen LogP contribution in [0.4, 0.5) is 9.59 Å². The third-order valence-corrected chi connectivity index (χ3v) is 5.67. The molecule has 3 aromatic rings. The molecular formula is C29H32N2O3. The molecule has 5 nitrogen and oxygen atoms in total. The highest BCUT2D eigenvalue weighted by atomic mass is 16.5. The van der Waals surface area contributed by atoms with Gasteiger partial charge in [0, 0.05) is 6.04 Å². The molecule has 0 saturated heterocycles. The molecule has 5 heteroatoms. The van der Waals surface area contributed by atoms with Crippen molar-refractivity contribution in [3.05, 3.63) is 120 Å². The average molecular weight is 457 g/mol. The van der Waals surface area contributed by atoms with Crippen molar-refractivity contribution in [3.8, 4) is 0 Å². The van der Waals surface area contributed by atoms with Crippen LogP contribution in [0, 0.1) is 0 Å². The number of aryl methyl sites for hydroxylation is 1. The second-order valence-corrected chi connectivity index (χ2v) is 7.98. The number of ether oxygens (including phenoxy) is 1. The number of nitrogens with one attached hydrogen (secondary N) is 1. The lowest BCUT2D eigenvalue weighted by Crippen LogP contribution is -2.50. The van der Waals surface area contributed by atoms with Gasteiger partial charge in [-0.25, -0.2) is 14.9 Å². The molecular weight excluding hydrogens is 424 g/mol. The summed E-state index contributed by atoms with van der Waals surface area (Å²) in [7, 11) is 0. The summed E-state index contributed by atoms with van der Waals surface area (Å²) < 4.78 is 5.01. The predicted octanol–water partition coefficient (Wildman–Crippen LogP) is 6.52. The summed E-state index contributed by atoms with van der Waals surface area (Å²) in [6, 6.07) is 28.9. The van der Waals surface area contributed by atoms with Gasteiger partial charge in [0.25, 0.3) is 0 Å². The monoisotopic (exact) mass is 456 g/mol. The summed E-state index contributed by atoms with van der Waals surface area (Å²) in [5, 5.41) is 2.43. The Hall–Kier alpha value is -3.86. The highest BCUT2D eigenvalue weighted by Crippen LogP contribution is 2.33. The number of alkyl carbamates (subject to hydrolysis) is 1. The van der Waals surface area contributed by atoms with Crippen molar-refractivity contribution in [2.45, 2.75) is 38.3 Å². The molecule has 34 heavy (non-hydrogen) atoms. The van der Waals surface area contributed by atoms with Gasteiger partial charge in [0.05, 0.1) is 12.6 Å². The number of hydrogen-bond acceptors (Lipinski definition) is 3. The zero-order chi connectivity index (χ0) is 24.2. The van der Waals surface area contributed by atoms with Crippen molar-refractivity contribution in [2.24, 2.45) is 0 Å². The minimum atomic E-state index is -0.752. The first-order valence-electron chi connectivity index (χ1n) is 11.6. The lowest BCUT2D eigenvalue weighted by Gasteiger charge is -2.38. The van der Waals surface area contributed by atoms with Crippen molar-refractivity contribution < 1.29 is 14.3 Å². The van der Waals surface area contributed by atoms with Crippen LogP contribution < -0.4 is 5.32 Å². The molecule has 176 valence electrons. The molecule has 0 saturated carbocycles. The molecule has 1 unspecified atom stereocenters. The topological polar surface area (TPSA) is 58.6 Å². The number of carbonyl (C=O) groups is 2. The molecule has 0 aliphatic rings. The Morgan fingerprint density at radius 3 is 1.94 bits per heavy atom. The molecule has 0 spiro atoms. The molecule has 3 aromatic carbocycles. The standard InChI is InChI=1S/C29H32N2O3/c1-3-14-26(22-21-23-15-8-5-9-16-23)31(28(32)30-29(33)34-4-2)27(24-17-10-6-11-18-24)25-19-12-7-13-20-25/h3,5-13,15-20,26-27H,1,4,14,21-22H2,2H3,(H,30,32,33).